The summed E-state index contributed by atoms with van der Waals surface area (Å²) in [6, 6.07) is 10.2. The van der Waals surface area contributed by atoms with Crippen LogP contribution in [-0.2, 0) is 10.0 Å². The zero-order valence-electron chi connectivity index (χ0n) is 15.4. The monoisotopic (exact) mass is 443 g/mol. The van der Waals surface area contributed by atoms with Crippen molar-refractivity contribution in [3.63, 3.8) is 0 Å². The topological polar surface area (TPSA) is 69.7 Å². The molecule has 1 saturated heterocycles. The molecule has 0 saturated carbocycles. The first-order chi connectivity index (χ1) is 13.8. The average molecular weight is 444 g/mol. The van der Waals surface area contributed by atoms with Gasteiger partial charge in [-0.2, -0.15) is 4.31 Å². The molecule has 10 heteroatoms. The van der Waals surface area contributed by atoms with Gasteiger partial charge in [0.2, 0.25) is 10.0 Å². The van der Waals surface area contributed by atoms with Crippen molar-refractivity contribution in [2.45, 2.75) is 0 Å². The molecule has 1 fully saturated rings. The molecule has 2 aromatic rings. The fourth-order valence-corrected chi connectivity index (χ4v) is 4.73. The first-order valence-corrected chi connectivity index (χ1v) is 11.0. The number of carbonyl (C=O) groups excluding carboxylic acids is 1. The number of hydrogen-bond acceptors (Lipinski definition) is 4. The minimum Gasteiger partial charge on any atom is -0.367 e. The SMILES string of the molecule is O=C(NCCS(=O)(=O)N1CCN(c2ccccc2F)CC1)c1c(F)cccc1Cl. The lowest BCUT2D eigenvalue weighted by molar-refractivity contribution is 0.0952. The number of sulfonamides is 1. The number of nitrogens with one attached hydrogen (secondary N) is 1. The molecule has 29 heavy (non-hydrogen) atoms. The number of benzene rings is 2. The average Bonchev–Trinajstić information content (AvgIpc) is 2.68. The molecule has 1 heterocycles. The fraction of sp³-hybridized carbons (Fsp3) is 0.316. The van der Waals surface area contributed by atoms with E-state index in [2.05, 4.69) is 5.32 Å². The predicted octanol–water partition coefficient (Wildman–Crippen LogP) is 2.50. The number of amides is 1. The van der Waals surface area contributed by atoms with Gasteiger partial charge in [-0.05, 0) is 24.3 Å². The summed E-state index contributed by atoms with van der Waals surface area (Å²) in [5, 5.41) is 2.34. The Labute approximate surface area is 173 Å². The van der Waals surface area contributed by atoms with E-state index in [1.807, 2.05) is 0 Å². The summed E-state index contributed by atoms with van der Waals surface area (Å²) >= 11 is 5.83. The smallest absolute Gasteiger partial charge is 0.255 e. The maximum absolute atomic E-state index is 13.9. The van der Waals surface area contributed by atoms with Gasteiger partial charge in [-0.1, -0.05) is 29.8 Å². The predicted molar refractivity (Wildman–Crippen MR) is 108 cm³/mol. The summed E-state index contributed by atoms with van der Waals surface area (Å²) in [7, 11) is -3.63. The summed E-state index contributed by atoms with van der Waals surface area (Å²) in [4.78, 5) is 13.9. The Hall–Kier alpha value is -2.23. The van der Waals surface area contributed by atoms with Gasteiger partial charge in [0, 0.05) is 32.7 Å². The molecule has 2 aromatic carbocycles. The molecule has 0 aromatic heterocycles. The van der Waals surface area contributed by atoms with Crippen molar-refractivity contribution in [2.75, 3.05) is 43.4 Å². The van der Waals surface area contributed by atoms with Gasteiger partial charge in [0.05, 0.1) is 22.0 Å². The highest BCUT2D eigenvalue weighted by molar-refractivity contribution is 7.89. The quantitative estimate of drug-likeness (QED) is 0.744. The maximum Gasteiger partial charge on any atom is 0.255 e. The van der Waals surface area contributed by atoms with E-state index in [9.17, 15) is 22.0 Å². The van der Waals surface area contributed by atoms with Crippen LogP contribution in [0.1, 0.15) is 10.4 Å². The van der Waals surface area contributed by atoms with E-state index >= 15 is 0 Å². The fourth-order valence-electron chi connectivity index (χ4n) is 3.14. The molecule has 0 spiro atoms. The van der Waals surface area contributed by atoms with Gasteiger partial charge in [-0.25, -0.2) is 17.2 Å². The van der Waals surface area contributed by atoms with Crippen molar-refractivity contribution in [3.8, 4) is 0 Å². The van der Waals surface area contributed by atoms with Gasteiger partial charge in [-0.15, -0.1) is 0 Å². The third-order valence-corrected chi connectivity index (χ3v) is 6.85. The van der Waals surface area contributed by atoms with Gasteiger partial charge in [-0.3, -0.25) is 4.79 Å². The van der Waals surface area contributed by atoms with Crippen LogP contribution in [0.15, 0.2) is 42.5 Å². The molecule has 0 bridgehead atoms. The van der Waals surface area contributed by atoms with Crippen LogP contribution >= 0.6 is 11.6 Å². The Morgan fingerprint density at radius 1 is 1.00 bits per heavy atom. The van der Waals surface area contributed by atoms with E-state index in [1.54, 1.807) is 23.1 Å². The zero-order chi connectivity index (χ0) is 21.0. The van der Waals surface area contributed by atoms with Crippen LogP contribution in [0.4, 0.5) is 14.5 Å². The highest BCUT2D eigenvalue weighted by Crippen LogP contribution is 2.21. The Morgan fingerprint density at radius 3 is 2.31 bits per heavy atom. The molecule has 1 aliphatic rings. The van der Waals surface area contributed by atoms with E-state index in [1.165, 1.54) is 22.5 Å². The highest BCUT2D eigenvalue weighted by atomic mass is 35.5. The molecule has 6 nitrogen and oxygen atoms in total. The number of hydrogen-bond donors (Lipinski definition) is 1. The zero-order valence-corrected chi connectivity index (χ0v) is 17.0. The molecule has 3 rings (SSSR count). The largest absolute Gasteiger partial charge is 0.367 e. The number of halogens is 3. The first-order valence-electron chi connectivity index (χ1n) is 8.99. The van der Waals surface area contributed by atoms with Crippen LogP contribution in [0, 0.1) is 11.6 Å². The van der Waals surface area contributed by atoms with Crippen molar-refractivity contribution in [3.05, 3.63) is 64.7 Å². The first kappa shape index (κ1) is 21.5. The number of anilines is 1. The lowest BCUT2D eigenvalue weighted by atomic mass is 10.2. The Balaban J connectivity index is 1.53. The van der Waals surface area contributed by atoms with Gasteiger partial charge in [0.1, 0.15) is 11.6 Å². The van der Waals surface area contributed by atoms with Crippen LogP contribution in [0.3, 0.4) is 0 Å². The summed E-state index contributed by atoms with van der Waals surface area (Å²) in [5.74, 6) is -2.22. The lowest BCUT2D eigenvalue weighted by Crippen LogP contribution is -2.50. The Morgan fingerprint density at radius 2 is 1.66 bits per heavy atom. The molecule has 1 amide bonds. The third kappa shape index (κ3) is 5.04. The molecule has 0 aliphatic carbocycles. The number of nitrogens with zero attached hydrogens (tertiary/aromatic N) is 2. The standard InChI is InChI=1S/C19H20ClF2N3O3S/c20-14-4-3-6-16(22)18(14)19(26)23-8-13-29(27,28)25-11-9-24(10-12-25)17-7-2-1-5-15(17)21/h1-7H,8-13H2,(H,23,26). The minimum atomic E-state index is -3.63. The summed E-state index contributed by atoms with van der Waals surface area (Å²) in [6.45, 7) is 0.960. The second-order valence-electron chi connectivity index (χ2n) is 6.51. The molecular weight excluding hydrogens is 424 g/mol. The second kappa shape index (κ2) is 9.06. The molecule has 0 unspecified atom stereocenters. The van der Waals surface area contributed by atoms with Crippen LogP contribution in [0.5, 0.6) is 0 Å². The summed E-state index contributed by atoms with van der Waals surface area (Å²) in [6.07, 6.45) is 0. The van der Waals surface area contributed by atoms with Crippen LogP contribution in [-0.4, -0.2) is 57.1 Å². The number of para-hydroxylation sites is 1. The van der Waals surface area contributed by atoms with Gasteiger partial charge < -0.3 is 10.2 Å². The molecule has 156 valence electrons. The van der Waals surface area contributed by atoms with Crippen LogP contribution in [0.25, 0.3) is 0 Å². The van der Waals surface area contributed by atoms with E-state index in [-0.39, 0.29) is 41.8 Å². The second-order valence-corrected chi connectivity index (χ2v) is 9.00. The molecule has 0 radical (unpaired) electrons. The molecule has 0 atom stereocenters. The van der Waals surface area contributed by atoms with Crippen molar-refractivity contribution < 1.29 is 22.0 Å². The number of rotatable bonds is 6. The van der Waals surface area contributed by atoms with Gasteiger partial charge in [0.15, 0.2) is 0 Å². The van der Waals surface area contributed by atoms with E-state index in [0.29, 0.717) is 18.8 Å². The molecular formula is C19H20ClF2N3O3S. The van der Waals surface area contributed by atoms with Crippen LogP contribution in [0.2, 0.25) is 5.02 Å². The van der Waals surface area contributed by atoms with E-state index in [0.717, 1.165) is 6.07 Å². The van der Waals surface area contributed by atoms with Crippen molar-refractivity contribution in [1.29, 1.82) is 0 Å². The summed E-state index contributed by atoms with van der Waals surface area (Å²) in [5.41, 5.74) is 0.128. The maximum atomic E-state index is 13.9. The van der Waals surface area contributed by atoms with Crippen molar-refractivity contribution in [1.82, 2.24) is 9.62 Å². The summed E-state index contributed by atoms with van der Waals surface area (Å²) < 4.78 is 54.0. The Kier molecular flexibility index (Phi) is 6.71. The normalized spacial score (nSPS) is 15.3. The minimum absolute atomic E-state index is 0.0466. The van der Waals surface area contributed by atoms with E-state index < -0.39 is 21.7 Å². The van der Waals surface area contributed by atoms with Gasteiger partial charge in [0.25, 0.3) is 5.91 Å². The van der Waals surface area contributed by atoms with E-state index in [4.69, 9.17) is 11.6 Å². The molecule has 1 aliphatic heterocycles. The van der Waals surface area contributed by atoms with Crippen molar-refractivity contribution >= 4 is 33.2 Å². The molecule has 1 N–H and O–H groups in total. The Bertz CT molecular complexity index is 976. The van der Waals surface area contributed by atoms with Crippen LogP contribution < -0.4 is 10.2 Å². The third-order valence-electron chi connectivity index (χ3n) is 4.66. The highest BCUT2D eigenvalue weighted by Gasteiger charge is 2.28. The number of carbonyl (C=O) groups is 1. The van der Waals surface area contributed by atoms with Gasteiger partial charge >= 0.3 is 0 Å². The number of piperazine rings is 1. The van der Waals surface area contributed by atoms with Crippen molar-refractivity contribution in [2.24, 2.45) is 0 Å². The lowest BCUT2D eigenvalue weighted by Gasteiger charge is -2.35.